The highest BCUT2D eigenvalue weighted by Gasteiger charge is 2.28. The molecule has 1 aliphatic heterocycles. The summed E-state index contributed by atoms with van der Waals surface area (Å²) in [6.07, 6.45) is 2.62. The van der Waals surface area contributed by atoms with E-state index in [4.69, 9.17) is 4.74 Å². The van der Waals surface area contributed by atoms with E-state index in [1.165, 1.54) is 17.5 Å². The number of rotatable bonds is 6. The van der Waals surface area contributed by atoms with E-state index in [1.54, 1.807) is 0 Å². The van der Waals surface area contributed by atoms with Crippen LogP contribution in [-0.4, -0.2) is 19.7 Å². The van der Waals surface area contributed by atoms with Crippen LogP contribution < -0.4 is 5.32 Å². The van der Waals surface area contributed by atoms with Gasteiger partial charge in [0.2, 0.25) is 0 Å². The molecule has 1 fully saturated rings. The smallest absolute Gasteiger partial charge is 0.0866 e. The minimum atomic E-state index is 0.284. The zero-order valence-electron chi connectivity index (χ0n) is 12.5. The topological polar surface area (TPSA) is 21.3 Å². The molecule has 0 aliphatic carbocycles. The molecule has 0 aromatic heterocycles. The van der Waals surface area contributed by atoms with E-state index in [2.05, 4.69) is 50.4 Å². The van der Waals surface area contributed by atoms with Gasteiger partial charge in [-0.25, -0.2) is 0 Å². The molecule has 1 saturated heterocycles. The van der Waals surface area contributed by atoms with Gasteiger partial charge in [0, 0.05) is 19.1 Å². The first-order valence-electron chi connectivity index (χ1n) is 7.61. The van der Waals surface area contributed by atoms with Crippen LogP contribution in [0.3, 0.4) is 0 Å². The minimum Gasteiger partial charge on any atom is -0.373 e. The third kappa shape index (κ3) is 4.05. The van der Waals surface area contributed by atoms with E-state index in [1.807, 2.05) is 0 Å². The van der Waals surface area contributed by atoms with Crippen LogP contribution in [0.4, 0.5) is 0 Å². The predicted octanol–water partition coefficient (Wildman–Crippen LogP) is 3.57. The summed E-state index contributed by atoms with van der Waals surface area (Å²) in [7, 11) is 0. The van der Waals surface area contributed by atoms with Crippen LogP contribution in [-0.2, 0) is 11.2 Å². The molecular weight excluding hydrogens is 234 g/mol. The van der Waals surface area contributed by atoms with Crippen LogP contribution >= 0.6 is 0 Å². The second-order valence-electron chi connectivity index (χ2n) is 5.99. The van der Waals surface area contributed by atoms with Crippen molar-refractivity contribution in [2.24, 2.45) is 11.8 Å². The van der Waals surface area contributed by atoms with Gasteiger partial charge in [-0.3, -0.25) is 0 Å². The Morgan fingerprint density at radius 2 is 2.00 bits per heavy atom. The zero-order chi connectivity index (χ0) is 13.7. The van der Waals surface area contributed by atoms with Gasteiger partial charge in [0.25, 0.3) is 0 Å². The highest BCUT2D eigenvalue weighted by Crippen LogP contribution is 2.34. The Hall–Kier alpha value is -0.860. The average Bonchev–Trinajstić information content (AvgIpc) is 2.85. The van der Waals surface area contributed by atoms with Gasteiger partial charge in [-0.1, -0.05) is 45.0 Å². The Bertz CT molecular complexity index is 371. The fraction of sp³-hybridized carbons (Fsp3) is 0.647. The monoisotopic (exact) mass is 261 g/mol. The summed E-state index contributed by atoms with van der Waals surface area (Å²) in [4.78, 5) is 0. The van der Waals surface area contributed by atoms with Crippen molar-refractivity contribution in [2.75, 3.05) is 19.7 Å². The van der Waals surface area contributed by atoms with Gasteiger partial charge < -0.3 is 10.1 Å². The molecule has 0 radical (unpaired) electrons. The van der Waals surface area contributed by atoms with E-state index >= 15 is 0 Å². The molecule has 1 aliphatic rings. The Morgan fingerprint density at radius 1 is 1.26 bits per heavy atom. The van der Waals surface area contributed by atoms with E-state index in [-0.39, 0.29) is 6.10 Å². The van der Waals surface area contributed by atoms with Crippen molar-refractivity contribution in [2.45, 2.75) is 39.7 Å². The van der Waals surface area contributed by atoms with Gasteiger partial charge in [-0.05, 0) is 36.4 Å². The zero-order valence-corrected chi connectivity index (χ0v) is 12.5. The first-order valence-corrected chi connectivity index (χ1v) is 7.61. The molecular formula is C17H27NO. The van der Waals surface area contributed by atoms with E-state index < -0.39 is 0 Å². The highest BCUT2D eigenvalue weighted by molar-refractivity contribution is 5.25. The Balaban J connectivity index is 2.00. The number of benzene rings is 1. The summed E-state index contributed by atoms with van der Waals surface area (Å²) in [5.41, 5.74) is 2.77. The van der Waals surface area contributed by atoms with Crippen molar-refractivity contribution in [3.05, 3.63) is 35.4 Å². The van der Waals surface area contributed by atoms with Crippen LogP contribution in [0.5, 0.6) is 0 Å². The third-order valence-electron chi connectivity index (χ3n) is 3.82. The maximum absolute atomic E-state index is 5.93. The molecule has 0 amide bonds. The average molecular weight is 261 g/mol. The summed E-state index contributed by atoms with van der Waals surface area (Å²) in [5.74, 6) is 1.34. The van der Waals surface area contributed by atoms with Crippen LogP contribution in [0.1, 0.15) is 44.4 Å². The van der Waals surface area contributed by atoms with Gasteiger partial charge in [-0.2, -0.15) is 0 Å². The number of hydrogen-bond donors (Lipinski definition) is 1. The standard InChI is InChI=1S/C17H27NO/c1-4-18-12-16-9-10-19-17(16)15-7-5-14(6-8-15)11-13(2)3/h5-8,13,16-18H,4,9-12H2,1-3H3. The molecule has 0 bridgehead atoms. The molecule has 2 rings (SSSR count). The molecule has 0 saturated carbocycles. The van der Waals surface area contributed by atoms with E-state index in [9.17, 15) is 0 Å². The van der Waals surface area contributed by atoms with E-state index in [0.29, 0.717) is 5.92 Å². The molecule has 2 unspecified atom stereocenters. The quantitative estimate of drug-likeness (QED) is 0.845. The highest BCUT2D eigenvalue weighted by atomic mass is 16.5. The van der Waals surface area contributed by atoms with Crippen molar-refractivity contribution in [1.29, 1.82) is 0 Å². The second kappa shape index (κ2) is 7.06. The fourth-order valence-corrected chi connectivity index (χ4v) is 2.86. The number of ether oxygens (including phenoxy) is 1. The molecule has 2 atom stereocenters. The minimum absolute atomic E-state index is 0.284. The number of hydrogen-bond acceptors (Lipinski definition) is 2. The van der Waals surface area contributed by atoms with Crippen molar-refractivity contribution in [1.82, 2.24) is 5.32 Å². The van der Waals surface area contributed by atoms with Crippen LogP contribution in [0.2, 0.25) is 0 Å². The molecule has 1 N–H and O–H groups in total. The lowest BCUT2D eigenvalue weighted by Crippen LogP contribution is -2.24. The SMILES string of the molecule is CCNCC1CCOC1c1ccc(CC(C)C)cc1. The molecule has 2 heteroatoms. The lowest BCUT2D eigenvalue weighted by Gasteiger charge is -2.19. The lowest BCUT2D eigenvalue weighted by molar-refractivity contribution is 0.0906. The van der Waals surface area contributed by atoms with E-state index in [0.717, 1.165) is 32.0 Å². The van der Waals surface area contributed by atoms with Gasteiger partial charge in [0.15, 0.2) is 0 Å². The summed E-state index contributed by atoms with van der Waals surface area (Å²) in [6.45, 7) is 9.69. The first kappa shape index (κ1) is 14.5. The fourth-order valence-electron chi connectivity index (χ4n) is 2.86. The first-order chi connectivity index (χ1) is 9.20. The summed E-state index contributed by atoms with van der Waals surface area (Å²) in [5, 5.41) is 3.45. The Labute approximate surface area is 117 Å². The molecule has 19 heavy (non-hydrogen) atoms. The normalized spacial score (nSPS) is 23.2. The van der Waals surface area contributed by atoms with Crippen molar-refractivity contribution in [3.8, 4) is 0 Å². The molecule has 1 aromatic rings. The second-order valence-corrected chi connectivity index (χ2v) is 5.99. The molecule has 106 valence electrons. The Morgan fingerprint density at radius 3 is 2.63 bits per heavy atom. The summed E-state index contributed by atoms with van der Waals surface area (Å²) < 4.78 is 5.93. The van der Waals surface area contributed by atoms with Gasteiger partial charge in [0.1, 0.15) is 0 Å². The predicted molar refractivity (Wildman–Crippen MR) is 80.3 cm³/mol. The van der Waals surface area contributed by atoms with Gasteiger partial charge in [-0.15, -0.1) is 0 Å². The van der Waals surface area contributed by atoms with Crippen LogP contribution in [0.15, 0.2) is 24.3 Å². The molecule has 1 heterocycles. The third-order valence-corrected chi connectivity index (χ3v) is 3.82. The van der Waals surface area contributed by atoms with Crippen LogP contribution in [0.25, 0.3) is 0 Å². The van der Waals surface area contributed by atoms with Gasteiger partial charge in [0.05, 0.1) is 6.10 Å². The Kier molecular flexibility index (Phi) is 5.41. The van der Waals surface area contributed by atoms with Crippen molar-refractivity contribution in [3.63, 3.8) is 0 Å². The van der Waals surface area contributed by atoms with Gasteiger partial charge >= 0.3 is 0 Å². The van der Waals surface area contributed by atoms with Crippen molar-refractivity contribution >= 4 is 0 Å². The number of nitrogens with one attached hydrogen (secondary N) is 1. The maximum atomic E-state index is 5.93. The summed E-state index contributed by atoms with van der Waals surface area (Å²) >= 11 is 0. The molecule has 1 aromatic carbocycles. The molecule has 2 nitrogen and oxygen atoms in total. The maximum Gasteiger partial charge on any atom is 0.0866 e. The van der Waals surface area contributed by atoms with Crippen molar-refractivity contribution < 1.29 is 4.74 Å². The largest absolute Gasteiger partial charge is 0.373 e. The lowest BCUT2D eigenvalue weighted by atomic mass is 9.93. The summed E-state index contributed by atoms with van der Waals surface area (Å²) in [6, 6.07) is 9.04. The molecule has 0 spiro atoms. The van der Waals surface area contributed by atoms with Crippen LogP contribution in [0, 0.1) is 11.8 Å².